The van der Waals surface area contributed by atoms with Crippen molar-refractivity contribution in [2.24, 2.45) is 0 Å². The van der Waals surface area contributed by atoms with Gasteiger partial charge in [0.2, 0.25) is 0 Å². The standard InChI is InChI=1S/C18H23N3O2/c1-23-17-6-2-5-16(12-17)21-10-8-20(9-11-21)14-18(22)15-4-3-7-19-13-15/h2-7,12-13,18,22H,8-11,14H2,1H3. The molecule has 0 bridgehead atoms. The van der Waals surface area contributed by atoms with Gasteiger partial charge in [-0.3, -0.25) is 9.88 Å². The van der Waals surface area contributed by atoms with Gasteiger partial charge in [-0.1, -0.05) is 12.1 Å². The van der Waals surface area contributed by atoms with Crippen LogP contribution in [0.25, 0.3) is 0 Å². The molecule has 1 fully saturated rings. The SMILES string of the molecule is COc1cccc(N2CCN(CC(O)c3cccnc3)CC2)c1. The number of anilines is 1. The first-order chi connectivity index (χ1) is 11.3. The minimum atomic E-state index is -0.480. The predicted octanol–water partition coefficient (Wildman–Crippen LogP) is 1.95. The fourth-order valence-corrected chi connectivity index (χ4v) is 2.92. The van der Waals surface area contributed by atoms with Gasteiger partial charge in [-0.15, -0.1) is 0 Å². The zero-order valence-corrected chi connectivity index (χ0v) is 13.4. The molecule has 0 saturated carbocycles. The average Bonchev–Trinajstić information content (AvgIpc) is 2.63. The number of β-amino-alcohol motifs (C(OH)–C–C–N with tert-alkyl or cyclic N) is 1. The fraction of sp³-hybridized carbons (Fsp3) is 0.389. The van der Waals surface area contributed by atoms with Crippen LogP contribution in [0.2, 0.25) is 0 Å². The van der Waals surface area contributed by atoms with E-state index >= 15 is 0 Å². The van der Waals surface area contributed by atoms with E-state index < -0.39 is 6.10 Å². The van der Waals surface area contributed by atoms with Crippen molar-refractivity contribution in [1.82, 2.24) is 9.88 Å². The third-order valence-electron chi connectivity index (χ3n) is 4.29. The van der Waals surface area contributed by atoms with Gasteiger partial charge in [-0.2, -0.15) is 0 Å². The average molecular weight is 313 g/mol. The molecule has 1 atom stereocenters. The van der Waals surface area contributed by atoms with Crippen LogP contribution in [-0.2, 0) is 0 Å². The van der Waals surface area contributed by atoms with Crippen molar-refractivity contribution in [3.8, 4) is 5.75 Å². The summed E-state index contributed by atoms with van der Waals surface area (Å²) in [6.07, 6.45) is 2.98. The van der Waals surface area contributed by atoms with Gasteiger partial charge in [0.15, 0.2) is 0 Å². The second kappa shape index (κ2) is 7.44. The first-order valence-electron chi connectivity index (χ1n) is 7.95. The second-order valence-electron chi connectivity index (χ2n) is 5.79. The summed E-state index contributed by atoms with van der Waals surface area (Å²) in [5.74, 6) is 0.886. The van der Waals surface area contributed by atoms with Crippen LogP contribution in [0.1, 0.15) is 11.7 Å². The maximum atomic E-state index is 10.3. The normalized spacial score (nSPS) is 17.0. The van der Waals surface area contributed by atoms with Crippen LogP contribution >= 0.6 is 0 Å². The summed E-state index contributed by atoms with van der Waals surface area (Å²) in [5, 5.41) is 10.3. The van der Waals surface area contributed by atoms with Crippen molar-refractivity contribution < 1.29 is 9.84 Å². The topological polar surface area (TPSA) is 48.8 Å². The number of aromatic nitrogens is 1. The van der Waals surface area contributed by atoms with Crippen LogP contribution in [0.15, 0.2) is 48.8 Å². The summed E-state index contributed by atoms with van der Waals surface area (Å²) in [4.78, 5) is 8.72. The minimum absolute atomic E-state index is 0.480. The van der Waals surface area contributed by atoms with E-state index in [-0.39, 0.29) is 0 Å². The molecular formula is C18H23N3O2. The molecular weight excluding hydrogens is 290 g/mol. The highest BCUT2D eigenvalue weighted by Crippen LogP contribution is 2.22. The first-order valence-corrected chi connectivity index (χ1v) is 7.95. The van der Waals surface area contributed by atoms with Crippen LogP contribution in [0.5, 0.6) is 5.75 Å². The van der Waals surface area contributed by atoms with Crippen molar-refractivity contribution in [3.05, 3.63) is 54.4 Å². The van der Waals surface area contributed by atoms with Crippen molar-refractivity contribution in [2.75, 3.05) is 44.7 Å². The molecule has 1 aliphatic rings. The Morgan fingerprint density at radius 3 is 2.70 bits per heavy atom. The number of pyridine rings is 1. The van der Waals surface area contributed by atoms with Gasteiger partial charge in [0.1, 0.15) is 5.75 Å². The summed E-state index contributed by atoms with van der Waals surface area (Å²) in [7, 11) is 1.69. The first kappa shape index (κ1) is 15.8. The highest BCUT2D eigenvalue weighted by Gasteiger charge is 2.20. The zero-order chi connectivity index (χ0) is 16.1. The Kier molecular flexibility index (Phi) is 5.10. The largest absolute Gasteiger partial charge is 0.497 e. The van der Waals surface area contributed by atoms with E-state index in [1.807, 2.05) is 24.3 Å². The number of aliphatic hydroxyl groups excluding tert-OH is 1. The van der Waals surface area contributed by atoms with Crippen LogP contribution in [0, 0.1) is 0 Å². The Morgan fingerprint density at radius 2 is 2.00 bits per heavy atom. The van der Waals surface area contributed by atoms with Crippen molar-refractivity contribution in [3.63, 3.8) is 0 Å². The number of ether oxygens (including phenoxy) is 1. The molecule has 1 unspecified atom stereocenters. The molecule has 1 aliphatic heterocycles. The van der Waals surface area contributed by atoms with E-state index in [0.29, 0.717) is 6.54 Å². The molecule has 2 heterocycles. The zero-order valence-electron chi connectivity index (χ0n) is 13.4. The maximum absolute atomic E-state index is 10.3. The quantitative estimate of drug-likeness (QED) is 0.914. The summed E-state index contributed by atoms with van der Waals surface area (Å²) < 4.78 is 5.29. The monoisotopic (exact) mass is 313 g/mol. The Hall–Kier alpha value is -2.11. The number of hydrogen-bond acceptors (Lipinski definition) is 5. The van der Waals surface area contributed by atoms with Crippen LogP contribution < -0.4 is 9.64 Å². The minimum Gasteiger partial charge on any atom is -0.497 e. The van der Waals surface area contributed by atoms with Crippen molar-refractivity contribution in [2.45, 2.75) is 6.10 Å². The molecule has 0 radical (unpaired) electrons. The Balaban J connectivity index is 1.54. The summed E-state index contributed by atoms with van der Waals surface area (Å²) >= 11 is 0. The Morgan fingerprint density at radius 1 is 1.17 bits per heavy atom. The third kappa shape index (κ3) is 4.00. The molecule has 1 saturated heterocycles. The highest BCUT2D eigenvalue weighted by molar-refractivity contribution is 5.51. The number of benzene rings is 1. The lowest BCUT2D eigenvalue weighted by Crippen LogP contribution is -2.47. The number of rotatable bonds is 5. The molecule has 23 heavy (non-hydrogen) atoms. The lowest BCUT2D eigenvalue weighted by atomic mass is 10.1. The van der Waals surface area contributed by atoms with E-state index in [4.69, 9.17) is 4.74 Å². The molecule has 0 spiro atoms. The van der Waals surface area contributed by atoms with Gasteiger partial charge >= 0.3 is 0 Å². The van der Waals surface area contributed by atoms with E-state index in [2.05, 4.69) is 26.9 Å². The number of nitrogens with zero attached hydrogens (tertiary/aromatic N) is 3. The van der Waals surface area contributed by atoms with Crippen molar-refractivity contribution >= 4 is 5.69 Å². The molecule has 1 N–H and O–H groups in total. The van der Waals surface area contributed by atoms with E-state index in [0.717, 1.165) is 37.5 Å². The molecule has 5 nitrogen and oxygen atoms in total. The fourth-order valence-electron chi connectivity index (χ4n) is 2.92. The van der Waals surface area contributed by atoms with Gasteiger partial charge in [0.05, 0.1) is 13.2 Å². The number of piperazine rings is 1. The van der Waals surface area contributed by atoms with Crippen LogP contribution in [-0.4, -0.2) is 54.8 Å². The van der Waals surface area contributed by atoms with Gasteiger partial charge in [-0.25, -0.2) is 0 Å². The van der Waals surface area contributed by atoms with Crippen molar-refractivity contribution in [1.29, 1.82) is 0 Å². The second-order valence-corrected chi connectivity index (χ2v) is 5.79. The van der Waals surface area contributed by atoms with Gasteiger partial charge < -0.3 is 14.7 Å². The van der Waals surface area contributed by atoms with Gasteiger partial charge in [0.25, 0.3) is 0 Å². The molecule has 1 aromatic carbocycles. The third-order valence-corrected chi connectivity index (χ3v) is 4.29. The van der Waals surface area contributed by atoms with E-state index in [1.54, 1.807) is 19.5 Å². The number of aliphatic hydroxyl groups is 1. The maximum Gasteiger partial charge on any atom is 0.120 e. The van der Waals surface area contributed by atoms with Gasteiger partial charge in [-0.05, 0) is 18.2 Å². The van der Waals surface area contributed by atoms with Gasteiger partial charge in [0, 0.05) is 62.4 Å². The molecule has 122 valence electrons. The summed E-state index contributed by atoms with van der Waals surface area (Å²) in [5.41, 5.74) is 2.07. The molecule has 0 amide bonds. The molecule has 1 aromatic heterocycles. The van der Waals surface area contributed by atoms with E-state index in [9.17, 15) is 5.11 Å². The number of methoxy groups -OCH3 is 1. The highest BCUT2D eigenvalue weighted by atomic mass is 16.5. The Bertz CT molecular complexity index is 613. The molecule has 0 aliphatic carbocycles. The molecule has 5 heteroatoms. The Labute approximate surface area is 137 Å². The lowest BCUT2D eigenvalue weighted by molar-refractivity contribution is 0.109. The summed E-state index contributed by atoms with van der Waals surface area (Å²) in [6.45, 7) is 4.43. The smallest absolute Gasteiger partial charge is 0.120 e. The lowest BCUT2D eigenvalue weighted by Gasteiger charge is -2.37. The van der Waals surface area contributed by atoms with Crippen LogP contribution in [0.4, 0.5) is 5.69 Å². The molecule has 3 rings (SSSR count). The van der Waals surface area contributed by atoms with E-state index in [1.165, 1.54) is 5.69 Å². The number of hydrogen-bond donors (Lipinski definition) is 1. The summed E-state index contributed by atoms with van der Waals surface area (Å²) in [6, 6.07) is 11.9. The predicted molar refractivity (Wildman–Crippen MR) is 90.8 cm³/mol. The molecule has 2 aromatic rings. The van der Waals surface area contributed by atoms with Crippen LogP contribution in [0.3, 0.4) is 0 Å².